The van der Waals surface area contributed by atoms with Gasteiger partial charge in [0, 0.05) is 13.1 Å². The fourth-order valence-electron chi connectivity index (χ4n) is 3.04. The third-order valence-electron chi connectivity index (χ3n) is 4.26. The number of hydrogen-bond acceptors (Lipinski definition) is 2. The van der Waals surface area contributed by atoms with E-state index in [0.29, 0.717) is 6.54 Å². The summed E-state index contributed by atoms with van der Waals surface area (Å²) in [6.45, 7) is 4.40. The quantitative estimate of drug-likeness (QED) is 0.842. The van der Waals surface area contributed by atoms with Gasteiger partial charge in [-0.1, -0.05) is 36.4 Å². The second-order valence-electron chi connectivity index (χ2n) is 5.67. The zero-order chi connectivity index (χ0) is 13.8. The molecule has 20 heavy (non-hydrogen) atoms. The van der Waals surface area contributed by atoms with Crippen molar-refractivity contribution in [1.29, 1.82) is 0 Å². The Bertz CT molecular complexity index is 489. The molecule has 0 atom stereocenters. The highest BCUT2D eigenvalue weighted by molar-refractivity contribution is 5.80. The number of nitrogens with zero attached hydrogens (tertiary/aromatic N) is 2. The van der Waals surface area contributed by atoms with Crippen LogP contribution in [-0.4, -0.2) is 48.4 Å². The monoisotopic (exact) mass is 270 g/mol. The second-order valence-corrected chi connectivity index (χ2v) is 5.67. The summed E-state index contributed by atoms with van der Waals surface area (Å²) >= 11 is 0. The molecule has 2 heterocycles. The number of likely N-dealkylation sites (tertiary alicyclic amines) is 1. The van der Waals surface area contributed by atoms with E-state index in [2.05, 4.69) is 35.2 Å². The molecule has 0 N–H and O–H groups in total. The van der Waals surface area contributed by atoms with Crippen molar-refractivity contribution in [2.75, 3.05) is 32.7 Å². The minimum atomic E-state index is 0.287. The van der Waals surface area contributed by atoms with Crippen molar-refractivity contribution in [2.45, 2.75) is 19.3 Å². The van der Waals surface area contributed by atoms with Crippen LogP contribution in [0.4, 0.5) is 0 Å². The summed E-state index contributed by atoms with van der Waals surface area (Å²) in [4.78, 5) is 16.5. The number of hydrogen-bond donors (Lipinski definition) is 0. The van der Waals surface area contributed by atoms with Crippen molar-refractivity contribution in [3.05, 3.63) is 42.0 Å². The van der Waals surface area contributed by atoms with Crippen LogP contribution in [0.15, 0.2) is 36.4 Å². The van der Waals surface area contributed by atoms with Gasteiger partial charge in [-0.3, -0.25) is 9.69 Å². The van der Waals surface area contributed by atoms with E-state index < -0.39 is 0 Å². The summed E-state index contributed by atoms with van der Waals surface area (Å²) in [5, 5.41) is 0. The van der Waals surface area contributed by atoms with Gasteiger partial charge in [0.2, 0.25) is 5.91 Å². The Kier molecular flexibility index (Phi) is 4.16. The molecule has 3 nitrogen and oxygen atoms in total. The summed E-state index contributed by atoms with van der Waals surface area (Å²) in [5.74, 6) is 0.287. The van der Waals surface area contributed by atoms with E-state index in [1.807, 2.05) is 11.0 Å². The highest BCUT2D eigenvalue weighted by Crippen LogP contribution is 2.22. The molecular formula is C17H22N2O. The maximum atomic E-state index is 12.3. The molecule has 0 aromatic heterocycles. The number of benzene rings is 1. The molecule has 2 aliphatic rings. The van der Waals surface area contributed by atoms with Crippen molar-refractivity contribution in [2.24, 2.45) is 0 Å². The molecule has 1 fully saturated rings. The summed E-state index contributed by atoms with van der Waals surface area (Å²) in [7, 11) is 0. The Morgan fingerprint density at radius 1 is 1.05 bits per heavy atom. The lowest BCUT2D eigenvalue weighted by molar-refractivity contribution is -0.131. The summed E-state index contributed by atoms with van der Waals surface area (Å²) in [6.07, 6.45) is 5.66. The van der Waals surface area contributed by atoms with Gasteiger partial charge in [-0.2, -0.15) is 0 Å². The molecule has 2 aliphatic heterocycles. The SMILES string of the molecule is O=C(CN1CCCC1)N1CC=C(c2ccccc2)CC1. The molecular weight excluding hydrogens is 248 g/mol. The molecule has 0 unspecified atom stereocenters. The Morgan fingerprint density at radius 3 is 2.45 bits per heavy atom. The fourth-order valence-corrected chi connectivity index (χ4v) is 3.04. The van der Waals surface area contributed by atoms with Crippen molar-refractivity contribution in [3.8, 4) is 0 Å². The van der Waals surface area contributed by atoms with E-state index in [1.54, 1.807) is 0 Å². The molecule has 3 rings (SSSR count). The van der Waals surface area contributed by atoms with Gasteiger partial charge in [0.25, 0.3) is 0 Å². The van der Waals surface area contributed by atoms with E-state index >= 15 is 0 Å². The van der Waals surface area contributed by atoms with E-state index in [0.717, 1.165) is 32.6 Å². The summed E-state index contributed by atoms with van der Waals surface area (Å²) in [5.41, 5.74) is 2.66. The van der Waals surface area contributed by atoms with Gasteiger partial charge in [-0.15, -0.1) is 0 Å². The molecule has 0 radical (unpaired) electrons. The van der Waals surface area contributed by atoms with Gasteiger partial charge in [-0.25, -0.2) is 0 Å². The van der Waals surface area contributed by atoms with E-state index in [-0.39, 0.29) is 5.91 Å². The fraction of sp³-hybridized carbons (Fsp3) is 0.471. The first-order valence-corrected chi connectivity index (χ1v) is 7.57. The minimum absolute atomic E-state index is 0.287. The summed E-state index contributed by atoms with van der Waals surface area (Å²) < 4.78 is 0. The number of rotatable bonds is 3. The predicted octanol–water partition coefficient (Wildman–Crippen LogP) is 2.40. The Labute approximate surface area is 120 Å². The molecule has 1 aromatic rings. The maximum Gasteiger partial charge on any atom is 0.237 e. The van der Waals surface area contributed by atoms with Crippen LogP contribution < -0.4 is 0 Å². The zero-order valence-electron chi connectivity index (χ0n) is 11.9. The van der Waals surface area contributed by atoms with Crippen LogP contribution >= 0.6 is 0 Å². The second kappa shape index (κ2) is 6.23. The Morgan fingerprint density at radius 2 is 1.80 bits per heavy atom. The average Bonchev–Trinajstić information content (AvgIpc) is 3.01. The van der Waals surface area contributed by atoms with E-state index in [4.69, 9.17) is 0 Å². The number of carbonyl (C=O) groups is 1. The Hall–Kier alpha value is -1.61. The molecule has 1 aromatic carbocycles. The Balaban J connectivity index is 1.57. The van der Waals surface area contributed by atoms with Gasteiger partial charge in [0.1, 0.15) is 0 Å². The van der Waals surface area contributed by atoms with Crippen molar-refractivity contribution in [3.63, 3.8) is 0 Å². The van der Waals surface area contributed by atoms with Crippen LogP contribution in [-0.2, 0) is 4.79 Å². The first-order chi connectivity index (χ1) is 9.83. The molecule has 1 amide bonds. The van der Waals surface area contributed by atoms with E-state index in [9.17, 15) is 4.79 Å². The van der Waals surface area contributed by atoms with Crippen LogP contribution in [0.5, 0.6) is 0 Å². The third-order valence-corrected chi connectivity index (χ3v) is 4.26. The van der Waals surface area contributed by atoms with Gasteiger partial charge < -0.3 is 4.90 Å². The topological polar surface area (TPSA) is 23.6 Å². The standard InChI is InChI=1S/C17H22N2O/c20-17(14-18-10-4-5-11-18)19-12-8-16(9-13-19)15-6-2-1-3-7-15/h1-3,6-8H,4-5,9-14H2. The minimum Gasteiger partial charge on any atom is -0.338 e. The molecule has 1 saturated heterocycles. The van der Waals surface area contributed by atoms with Crippen LogP contribution in [0, 0.1) is 0 Å². The highest BCUT2D eigenvalue weighted by Gasteiger charge is 2.21. The first kappa shape index (κ1) is 13.4. The average molecular weight is 270 g/mol. The molecule has 0 spiro atoms. The van der Waals surface area contributed by atoms with Crippen LogP contribution in [0.3, 0.4) is 0 Å². The lowest BCUT2D eigenvalue weighted by atomic mass is 9.99. The first-order valence-electron chi connectivity index (χ1n) is 7.57. The van der Waals surface area contributed by atoms with Crippen LogP contribution in [0.25, 0.3) is 5.57 Å². The number of carbonyl (C=O) groups excluding carboxylic acids is 1. The van der Waals surface area contributed by atoms with Crippen molar-refractivity contribution >= 4 is 11.5 Å². The normalized spacial score (nSPS) is 20.0. The van der Waals surface area contributed by atoms with Gasteiger partial charge in [0.15, 0.2) is 0 Å². The third kappa shape index (κ3) is 3.10. The van der Waals surface area contributed by atoms with Gasteiger partial charge >= 0.3 is 0 Å². The number of amides is 1. The van der Waals surface area contributed by atoms with Crippen molar-refractivity contribution in [1.82, 2.24) is 9.80 Å². The zero-order valence-corrected chi connectivity index (χ0v) is 11.9. The molecule has 0 aliphatic carbocycles. The highest BCUT2D eigenvalue weighted by atomic mass is 16.2. The molecule has 0 saturated carbocycles. The smallest absolute Gasteiger partial charge is 0.237 e. The summed E-state index contributed by atoms with van der Waals surface area (Å²) in [6, 6.07) is 10.5. The van der Waals surface area contributed by atoms with E-state index in [1.165, 1.54) is 24.0 Å². The lowest BCUT2D eigenvalue weighted by Gasteiger charge is -2.28. The van der Waals surface area contributed by atoms with Crippen molar-refractivity contribution < 1.29 is 4.79 Å². The molecule has 0 bridgehead atoms. The predicted molar refractivity (Wildman–Crippen MR) is 81.3 cm³/mol. The van der Waals surface area contributed by atoms with Crippen LogP contribution in [0.1, 0.15) is 24.8 Å². The van der Waals surface area contributed by atoms with Gasteiger partial charge in [-0.05, 0) is 43.5 Å². The largest absolute Gasteiger partial charge is 0.338 e. The van der Waals surface area contributed by atoms with Gasteiger partial charge in [0.05, 0.1) is 6.54 Å². The molecule has 3 heteroatoms. The molecule has 106 valence electrons. The maximum absolute atomic E-state index is 12.3. The lowest BCUT2D eigenvalue weighted by Crippen LogP contribution is -2.41. The van der Waals surface area contributed by atoms with Crippen LogP contribution in [0.2, 0.25) is 0 Å².